The van der Waals surface area contributed by atoms with Crippen LogP contribution in [0.2, 0.25) is 0 Å². The summed E-state index contributed by atoms with van der Waals surface area (Å²) in [7, 11) is -4.32. The van der Waals surface area contributed by atoms with Gasteiger partial charge in [0.25, 0.3) is 0 Å². The number of rotatable bonds is 34. The van der Waals surface area contributed by atoms with Gasteiger partial charge in [-0.15, -0.1) is 0 Å². The molecule has 0 bridgehead atoms. The molecule has 0 aliphatic heterocycles. The van der Waals surface area contributed by atoms with Crippen molar-refractivity contribution in [3.8, 4) is 0 Å². The summed E-state index contributed by atoms with van der Waals surface area (Å²) in [5.74, 6) is -0.196. The Balaban J connectivity index is 4.34. The predicted octanol–water partition coefficient (Wildman–Crippen LogP) is 9.27. The van der Waals surface area contributed by atoms with E-state index in [0.717, 1.165) is 38.5 Å². The number of phosphoric ester groups is 1. The van der Waals surface area contributed by atoms with Crippen LogP contribution in [-0.2, 0) is 18.4 Å². The van der Waals surface area contributed by atoms with Crippen LogP contribution in [0.5, 0.6) is 0 Å². The molecule has 0 spiro atoms. The molecule has 0 saturated carbocycles. The van der Waals surface area contributed by atoms with E-state index in [4.69, 9.17) is 14.8 Å². The molecule has 5 N–H and O–H groups in total. The Morgan fingerprint density at radius 2 is 1.16 bits per heavy atom. The summed E-state index contributed by atoms with van der Waals surface area (Å²) in [6, 6.07) is -0.851. The lowest BCUT2D eigenvalue weighted by atomic mass is 10.0. The zero-order valence-electron chi connectivity index (χ0n) is 28.7. The maximum absolute atomic E-state index is 12.6. The minimum atomic E-state index is -4.32. The van der Waals surface area contributed by atoms with Gasteiger partial charge in [-0.2, -0.15) is 0 Å². The Kier molecular flexibility index (Phi) is 31.6. The third kappa shape index (κ3) is 29.9. The van der Waals surface area contributed by atoms with E-state index in [2.05, 4.69) is 19.2 Å². The van der Waals surface area contributed by atoms with E-state index in [-0.39, 0.29) is 25.7 Å². The van der Waals surface area contributed by atoms with Crippen LogP contribution in [-0.4, -0.2) is 47.8 Å². The number of carbonyl (C=O) groups is 1. The molecule has 3 atom stereocenters. The van der Waals surface area contributed by atoms with Crippen molar-refractivity contribution in [2.24, 2.45) is 5.73 Å². The van der Waals surface area contributed by atoms with Crippen LogP contribution in [0.4, 0.5) is 0 Å². The van der Waals surface area contributed by atoms with Crippen LogP contribution in [0, 0.1) is 0 Å². The number of hydrogen-bond donors (Lipinski definition) is 4. The highest BCUT2D eigenvalue weighted by atomic mass is 31.2. The fourth-order valence-electron chi connectivity index (χ4n) is 5.31. The highest BCUT2D eigenvalue weighted by Crippen LogP contribution is 2.43. The van der Waals surface area contributed by atoms with Crippen molar-refractivity contribution in [3.05, 3.63) is 12.2 Å². The molecule has 1 amide bonds. The molecule has 1 unspecified atom stereocenters. The normalized spacial score (nSPS) is 14.6. The molecule has 0 saturated heterocycles. The second-order valence-electron chi connectivity index (χ2n) is 12.4. The number of nitrogens with two attached hydrogens (primary N) is 1. The van der Waals surface area contributed by atoms with Gasteiger partial charge < -0.3 is 21.1 Å². The number of allylic oxidation sites excluding steroid dienone is 1. The molecule has 0 aliphatic rings. The van der Waals surface area contributed by atoms with Gasteiger partial charge in [0.15, 0.2) is 0 Å². The topological polar surface area (TPSA) is 131 Å². The van der Waals surface area contributed by atoms with Crippen LogP contribution in [0.1, 0.15) is 174 Å². The average molecular weight is 647 g/mol. The highest BCUT2D eigenvalue weighted by molar-refractivity contribution is 7.47. The van der Waals surface area contributed by atoms with E-state index < -0.39 is 20.0 Å². The Bertz CT molecular complexity index is 709. The van der Waals surface area contributed by atoms with Gasteiger partial charge in [0.1, 0.15) is 0 Å². The van der Waals surface area contributed by atoms with Crippen molar-refractivity contribution in [2.75, 3.05) is 19.8 Å². The van der Waals surface area contributed by atoms with Gasteiger partial charge in [-0.3, -0.25) is 13.8 Å². The number of aliphatic hydroxyl groups excluding tert-OH is 1. The molecular weight excluding hydrogens is 575 g/mol. The van der Waals surface area contributed by atoms with Crippen molar-refractivity contribution in [2.45, 2.75) is 187 Å². The SMILES string of the molecule is CCCCCCCCCCCCCC/C=C/[C@@H](O)[C@H](COP(=O)(O)OCCN)NC(=O)CCCCCCCCCCCCC. The van der Waals surface area contributed by atoms with Crippen molar-refractivity contribution in [3.63, 3.8) is 0 Å². The van der Waals surface area contributed by atoms with Gasteiger partial charge >= 0.3 is 7.82 Å². The molecule has 9 heteroatoms. The first-order valence-electron chi connectivity index (χ1n) is 18.3. The Hall–Kier alpha value is -0.760. The van der Waals surface area contributed by atoms with Gasteiger partial charge in [-0.05, 0) is 19.3 Å². The second-order valence-corrected chi connectivity index (χ2v) is 13.9. The molecule has 0 radical (unpaired) electrons. The van der Waals surface area contributed by atoms with E-state index >= 15 is 0 Å². The number of amides is 1. The van der Waals surface area contributed by atoms with Gasteiger partial charge in [0.2, 0.25) is 5.91 Å². The monoisotopic (exact) mass is 647 g/mol. The van der Waals surface area contributed by atoms with E-state index in [1.165, 1.54) is 116 Å². The van der Waals surface area contributed by atoms with E-state index in [1.807, 2.05) is 6.08 Å². The van der Waals surface area contributed by atoms with Crippen molar-refractivity contribution in [1.29, 1.82) is 0 Å². The summed E-state index contributed by atoms with van der Waals surface area (Å²) >= 11 is 0. The van der Waals surface area contributed by atoms with Crippen molar-refractivity contribution >= 4 is 13.7 Å². The standard InChI is InChI=1S/C35H71N2O6P/c1-3-5-7-9-11-13-15-16-17-19-20-22-24-26-28-34(38)33(32-43-44(40,41)42-31-30-36)37-35(39)29-27-25-23-21-18-14-12-10-8-6-4-2/h26,28,33-34,38H,3-25,27,29-32,36H2,1-2H3,(H,37,39)(H,40,41)/b28-26+/t33-,34+/m0/s1. The molecule has 0 rings (SSSR count). The third-order valence-electron chi connectivity index (χ3n) is 8.11. The lowest BCUT2D eigenvalue weighted by Gasteiger charge is -2.23. The Labute approximate surface area is 271 Å². The van der Waals surface area contributed by atoms with Gasteiger partial charge in [-0.25, -0.2) is 4.57 Å². The Morgan fingerprint density at radius 3 is 1.61 bits per heavy atom. The molecule has 0 fully saturated rings. The molecule has 0 aromatic carbocycles. The molecule has 0 aromatic rings. The third-order valence-corrected chi connectivity index (χ3v) is 9.10. The molecule has 0 aromatic heterocycles. The zero-order valence-corrected chi connectivity index (χ0v) is 29.6. The van der Waals surface area contributed by atoms with Crippen LogP contribution in [0.15, 0.2) is 12.2 Å². The highest BCUT2D eigenvalue weighted by Gasteiger charge is 2.26. The average Bonchev–Trinajstić information content (AvgIpc) is 3.01. The second kappa shape index (κ2) is 32.2. The van der Waals surface area contributed by atoms with Gasteiger partial charge in [0.05, 0.1) is 25.4 Å². The fourth-order valence-corrected chi connectivity index (χ4v) is 6.07. The minimum Gasteiger partial charge on any atom is -0.387 e. The summed E-state index contributed by atoms with van der Waals surface area (Å²) in [6.07, 6.45) is 32.5. The van der Waals surface area contributed by atoms with Crippen molar-refractivity contribution < 1.29 is 28.4 Å². The zero-order chi connectivity index (χ0) is 32.6. The lowest BCUT2D eigenvalue weighted by Crippen LogP contribution is -2.45. The predicted molar refractivity (Wildman–Crippen MR) is 185 cm³/mol. The summed E-state index contributed by atoms with van der Waals surface area (Å²) in [5.41, 5.74) is 5.35. The number of phosphoric acid groups is 1. The van der Waals surface area contributed by atoms with Crippen LogP contribution >= 0.6 is 7.82 Å². The first kappa shape index (κ1) is 43.2. The molecule has 8 nitrogen and oxygen atoms in total. The van der Waals surface area contributed by atoms with Crippen LogP contribution in [0.25, 0.3) is 0 Å². The fraction of sp³-hybridized carbons (Fsp3) is 0.914. The smallest absolute Gasteiger partial charge is 0.387 e. The summed E-state index contributed by atoms with van der Waals surface area (Å²) < 4.78 is 22.0. The van der Waals surface area contributed by atoms with E-state index in [9.17, 15) is 19.4 Å². The minimum absolute atomic E-state index is 0.0809. The van der Waals surface area contributed by atoms with Gasteiger partial charge in [0, 0.05) is 13.0 Å². The number of nitrogens with one attached hydrogen (secondary N) is 1. The lowest BCUT2D eigenvalue weighted by molar-refractivity contribution is -0.123. The number of carbonyl (C=O) groups excluding carboxylic acids is 1. The molecular formula is C35H71N2O6P. The van der Waals surface area contributed by atoms with Crippen molar-refractivity contribution in [1.82, 2.24) is 5.32 Å². The Morgan fingerprint density at radius 1 is 0.727 bits per heavy atom. The van der Waals surface area contributed by atoms with E-state index in [0.29, 0.717) is 6.42 Å². The van der Waals surface area contributed by atoms with Crippen LogP contribution < -0.4 is 11.1 Å². The summed E-state index contributed by atoms with van der Waals surface area (Å²) in [6.45, 7) is 4.11. The van der Waals surface area contributed by atoms with E-state index in [1.54, 1.807) is 6.08 Å². The summed E-state index contributed by atoms with van der Waals surface area (Å²) in [4.78, 5) is 22.5. The first-order valence-corrected chi connectivity index (χ1v) is 19.8. The molecule has 262 valence electrons. The molecule has 44 heavy (non-hydrogen) atoms. The number of unbranched alkanes of at least 4 members (excludes halogenated alkanes) is 22. The largest absolute Gasteiger partial charge is 0.472 e. The summed E-state index contributed by atoms with van der Waals surface area (Å²) in [5, 5.41) is 13.6. The number of aliphatic hydroxyl groups is 1. The maximum atomic E-state index is 12.6. The maximum Gasteiger partial charge on any atom is 0.472 e. The van der Waals surface area contributed by atoms with Gasteiger partial charge in [-0.1, -0.05) is 161 Å². The first-order chi connectivity index (χ1) is 21.4. The quantitative estimate of drug-likeness (QED) is 0.0311. The molecule has 0 heterocycles. The van der Waals surface area contributed by atoms with Crippen LogP contribution in [0.3, 0.4) is 0 Å². The number of hydrogen-bond acceptors (Lipinski definition) is 6. The molecule has 0 aliphatic carbocycles.